The van der Waals surface area contributed by atoms with Gasteiger partial charge in [0.25, 0.3) is 5.91 Å². The minimum absolute atomic E-state index is 0.182. The quantitative estimate of drug-likeness (QED) is 0.467. The van der Waals surface area contributed by atoms with Gasteiger partial charge in [-0.2, -0.15) is 0 Å². The van der Waals surface area contributed by atoms with Crippen LogP contribution < -0.4 is 9.64 Å². The maximum Gasteiger partial charge on any atom is 0.358 e. The van der Waals surface area contributed by atoms with E-state index < -0.39 is 5.97 Å². The zero-order valence-electron chi connectivity index (χ0n) is 18.2. The maximum absolute atomic E-state index is 12.5. The number of esters is 1. The molecule has 0 atom stereocenters. The van der Waals surface area contributed by atoms with Gasteiger partial charge >= 0.3 is 5.97 Å². The summed E-state index contributed by atoms with van der Waals surface area (Å²) < 4.78 is 10.9. The summed E-state index contributed by atoms with van der Waals surface area (Å²) in [5.74, 6) is -0.0908. The summed E-state index contributed by atoms with van der Waals surface area (Å²) in [5.41, 5.74) is 2.37. The molecule has 1 aliphatic rings. The number of halogens is 1. The number of amides is 1. The molecule has 4 rings (SSSR count). The molecule has 0 radical (unpaired) electrons. The molecule has 0 saturated carbocycles. The number of aromatic nitrogens is 1. The normalized spacial score (nSPS) is 13.6. The Labute approximate surface area is 201 Å². The third-order valence-corrected chi connectivity index (χ3v) is 6.33. The van der Waals surface area contributed by atoms with E-state index in [2.05, 4.69) is 9.88 Å². The Morgan fingerprint density at radius 3 is 2.58 bits per heavy atom. The first-order valence-corrected chi connectivity index (χ1v) is 11.8. The fourth-order valence-corrected chi connectivity index (χ4v) is 4.29. The molecular weight excluding hydrogens is 462 g/mol. The summed E-state index contributed by atoms with van der Waals surface area (Å²) in [4.78, 5) is 32.9. The first kappa shape index (κ1) is 23.1. The number of piperazine rings is 1. The molecule has 0 N–H and O–H groups in total. The van der Waals surface area contributed by atoms with Crippen LogP contribution in [0.2, 0.25) is 5.02 Å². The van der Waals surface area contributed by atoms with E-state index in [1.807, 2.05) is 55.5 Å². The number of rotatable bonds is 7. The largest absolute Gasteiger partial charge is 0.486 e. The molecule has 1 amide bonds. The van der Waals surface area contributed by atoms with E-state index in [1.165, 1.54) is 11.3 Å². The van der Waals surface area contributed by atoms with Crippen LogP contribution >= 0.6 is 22.9 Å². The molecule has 0 unspecified atom stereocenters. The highest BCUT2D eigenvalue weighted by Crippen LogP contribution is 2.21. The number of benzene rings is 2. The molecule has 0 spiro atoms. The summed E-state index contributed by atoms with van der Waals surface area (Å²) in [5, 5.41) is 2.96. The highest BCUT2D eigenvalue weighted by Gasteiger charge is 2.23. The second kappa shape index (κ2) is 10.7. The fourth-order valence-electron chi connectivity index (χ4n) is 3.43. The van der Waals surface area contributed by atoms with Crippen LogP contribution in [0.4, 0.5) is 5.69 Å². The maximum atomic E-state index is 12.5. The monoisotopic (exact) mass is 485 g/mol. The van der Waals surface area contributed by atoms with Gasteiger partial charge in [-0.25, -0.2) is 9.78 Å². The third kappa shape index (κ3) is 6.24. The van der Waals surface area contributed by atoms with Crippen molar-refractivity contribution in [2.45, 2.75) is 13.5 Å². The van der Waals surface area contributed by atoms with Gasteiger partial charge in [-0.15, -0.1) is 11.3 Å². The van der Waals surface area contributed by atoms with E-state index >= 15 is 0 Å². The summed E-state index contributed by atoms with van der Waals surface area (Å²) in [6.07, 6.45) is 0. The van der Waals surface area contributed by atoms with E-state index in [4.69, 9.17) is 21.1 Å². The molecule has 1 aliphatic heterocycles. The van der Waals surface area contributed by atoms with Crippen LogP contribution in [0.5, 0.6) is 5.75 Å². The van der Waals surface area contributed by atoms with Gasteiger partial charge in [0.05, 0.1) is 0 Å². The first-order valence-electron chi connectivity index (χ1n) is 10.6. The van der Waals surface area contributed by atoms with Crippen molar-refractivity contribution in [1.82, 2.24) is 9.88 Å². The van der Waals surface area contributed by atoms with Crippen LogP contribution in [-0.4, -0.2) is 54.5 Å². The molecule has 0 bridgehead atoms. The van der Waals surface area contributed by atoms with Crippen molar-refractivity contribution in [3.8, 4) is 5.75 Å². The van der Waals surface area contributed by atoms with Crippen LogP contribution in [0.25, 0.3) is 0 Å². The average molecular weight is 486 g/mol. The van der Waals surface area contributed by atoms with Crippen LogP contribution in [0, 0.1) is 6.92 Å². The highest BCUT2D eigenvalue weighted by atomic mass is 35.5. The van der Waals surface area contributed by atoms with Gasteiger partial charge in [0, 0.05) is 42.3 Å². The van der Waals surface area contributed by atoms with E-state index in [0.29, 0.717) is 36.2 Å². The number of aryl methyl sites for hydroxylation is 1. The molecule has 172 valence electrons. The lowest BCUT2D eigenvalue weighted by atomic mass is 10.2. The Morgan fingerprint density at radius 2 is 1.85 bits per heavy atom. The number of carbonyl (C=O) groups excluding carboxylic acids is 2. The number of anilines is 1. The van der Waals surface area contributed by atoms with Crippen molar-refractivity contribution in [1.29, 1.82) is 0 Å². The molecule has 1 saturated heterocycles. The van der Waals surface area contributed by atoms with E-state index in [0.717, 1.165) is 17.0 Å². The van der Waals surface area contributed by atoms with Crippen molar-refractivity contribution in [3.05, 3.63) is 75.2 Å². The number of hydrogen-bond donors (Lipinski definition) is 0. The minimum Gasteiger partial charge on any atom is -0.486 e. The van der Waals surface area contributed by atoms with Gasteiger partial charge in [0.1, 0.15) is 17.4 Å². The molecule has 1 aromatic heterocycles. The van der Waals surface area contributed by atoms with E-state index in [9.17, 15) is 9.59 Å². The molecule has 33 heavy (non-hydrogen) atoms. The SMILES string of the molecule is Cc1ccc(OCc2nc(C(=O)OCC(=O)N3CCN(c4cccc(Cl)c4)CC3)cs2)cc1. The Balaban J connectivity index is 1.21. The number of nitrogens with zero attached hydrogens (tertiary/aromatic N) is 3. The minimum atomic E-state index is -0.612. The van der Waals surface area contributed by atoms with Gasteiger partial charge in [-0.1, -0.05) is 35.4 Å². The zero-order valence-corrected chi connectivity index (χ0v) is 19.8. The second-order valence-corrected chi connectivity index (χ2v) is 9.03. The molecule has 2 heterocycles. The van der Waals surface area contributed by atoms with Crippen LogP contribution in [0.1, 0.15) is 21.1 Å². The lowest BCUT2D eigenvalue weighted by Gasteiger charge is -2.36. The molecular formula is C24H24ClN3O4S. The molecule has 3 aromatic rings. The lowest BCUT2D eigenvalue weighted by molar-refractivity contribution is -0.134. The third-order valence-electron chi connectivity index (χ3n) is 5.28. The molecule has 9 heteroatoms. The predicted octanol–water partition coefficient (Wildman–Crippen LogP) is 4.19. The zero-order chi connectivity index (χ0) is 23.2. The van der Waals surface area contributed by atoms with Gasteiger partial charge in [0.2, 0.25) is 0 Å². The number of ether oxygens (including phenoxy) is 2. The summed E-state index contributed by atoms with van der Waals surface area (Å²) >= 11 is 7.38. The van der Waals surface area contributed by atoms with E-state index in [1.54, 1.807) is 10.3 Å². The predicted molar refractivity (Wildman–Crippen MR) is 128 cm³/mol. The second-order valence-electron chi connectivity index (χ2n) is 7.65. The molecule has 1 fully saturated rings. The standard InChI is InChI=1S/C24H24ClN3O4S/c1-17-5-7-20(8-6-17)31-14-22-26-21(16-33-22)24(30)32-15-23(29)28-11-9-27(10-12-28)19-4-2-3-18(25)13-19/h2-8,13,16H,9-12,14-15H2,1H3. The van der Waals surface area contributed by atoms with Crippen molar-refractivity contribution >= 4 is 40.5 Å². The summed E-state index contributed by atoms with van der Waals surface area (Å²) in [6, 6.07) is 15.4. The number of carbonyl (C=O) groups is 2. The van der Waals surface area contributed by atoms with Gasteiger partial charge < -0.3 is 19.3 Å². The average Bonchev–Trinajstić information content (AvgIpc) is 3.31. The molecule has 0 aliphatic carbocycles. The van der Waals surface area contributed by atoms with Crippen LogP contribution in [0.3, 0.4) is 0 Å². The summed E-state index contributed by atoms with van der Waals surface area (Å²) in [7, 11) is 0. The smallest absolute Gasteiger partial charge is 0.358 e. The number of thiazole rings is 1. The topological polar surface area (TPSA) is 72.0 Å². The van der Waals surface area contributed by atoms with Crippen molar-refractivity contribution in [3.63, 3.8) is 0 Å². The number of hydrogen-bond acceptors (Lipinski definition) is 7. The first-order chi connectivity index (χ1) is 16.0. The Bertz CT molecular complexity index is 1110. The molecule has 7 nitrogen and oxygen atoms in total. The Kier molecular flexibility index (Phi) is 7.47. The van der Waals surface area contributed by atoms with Crippen LogP contribution in [-0.2, 0) is 16.1 Å². The fraction of sp³-hybridized carbons (Fsp3) is 0.292. The van der Waals surface area contributed by atoms with E-state index in [-0.39, 0.29) is 24.8 Å². The van der Waals surface area contributed by atoms with Gasteiger partial charge in [0.15, 0.2) is 12.3 Å². The van der Waals surface area contributed by atoms with Crippen molar-refractivity contribution < 1.29 is 19.1 Å². The van der Waals surface area contributed by atoms with Crippen LogP contribution in [0.15, 0.2) is 53.9 Å². The van der Waals surface area contributed by atoms with Crippen molar-refractivity contribution in [2.24, 2.45) is 0 Å². The highest BCUT2D eigenvalue weighted by molar-refractivity contribution is 7.09. The lowest BCUT2D eigenvalue weighted by Crippen LogP contribution is -2.49. The van der Waals surface area contributed by atoms with Gasteiger partial charge in [-0.05, 0) is 37.3 Å². The molecule has 2 aromatic carbocycles. The van der Waals surface area contributed by atoms with Crippen molar-refractivity contribution in [2.75, 3.05) is 37.7 Å². The van der Waals surface area contributed by atoms with Gasteiger partial charge in [-0.3, -0.25) is 4.79 Å². The Hall–Kier alpha value is -3.10. The summed E-state index contributed by atoms with van der Waals surface area (Å²) in [6.45, 7) is 4.46. The Morgan fingerprint density at radius 1 is 1.09 bits per heavy atom.